The van der Waals surface area contributed by atoms with Gasteiger partial charge in [-0.05, 0) is 65.1 Å². The first kappa shape index (κ1) is 18.4. The van der Waals surface area contributed by atoms with Gasteiger partial charge in [0.05, 0.1) is 17.1 Å². The summed E-state index contributed by atoms with van der Waals surface area (Å²) >= 11 is 1.99. The van der Waals surface area contributed by atoms with Gasteiger partial charge in [-0.3, -0.25) is 0 Å². The minimum absolute atomic E-state index is 0.206. The Hall–Kier alpha value is -2.39. The van der Waals surface area contributed by atoms with Crippen LogP contribution in [0.2, 0.25) is 0 Å². The van der Waals surface area contributed by atoms with Crippen molar-refractivity contribution in [1.82, 2.24) is 0 Å². The lowest BCUT2D eigenvalue weighted by Gasteiger charge is -2.44. The summed E-state index contributed by atoms with van der Waals surface area (Å²) in [6, 6.07) is 22.4. The van der Waals surface area contributed by atoms with Crippen molar-refractivity contribution in [3.63, 3.8) is 0 Å². The molecule has 2 aliphatic heterocycles. The average Bonchev–Trinajstić information content (AvgIpc) is 3.13. The van der Waals surface area contributed by atoms with E-state index in [9.17, 15) is 0 Å². The van der Waals surface area contributed by atoms with Gasteiger partial charge in [-0.2, -0.15) is 0 Å². The summed E-state index contributed by atoms with van der Waals surface area (Å²) in [6.07, 6.45) is 2.50. The highest BCUT2D eigenvalue weighted by Crippen LogP contribution is 2.60. The monoisotopic (exact) mass is 412 g/mol. The number of anilines is 4. The maximum atomic E-state index is 2.54. The van der Waals surface area contributed by atoms with Crippen LogP contribution in [0.15, 0.2) is 70.5 Å². The largest absolute Gasteiger partial charge is 0.321 e. The Labute approximate surface area is 183 Å². The van der Waals surface area contributed by atoms with Crippen molar-refractivity contribution in [2.45, 2.75) is 61.2 Å². The first-order chi connectivity index (χ1) is 14.4. The van der Waals surface area contributed by atoms with E-state index in [1.807, 2.05) is 11.8 Å². The third kappa shape index (κ3) is 2.45. The topological polar surface area (TPSA) is 6.48 Å². The molecule has 0 amide bonds. The lowest BCUT2D eigenvalue weighted by Crippen LogP contribution is -2.35. The van der Waals surface area contributed by atoms with Gasteiger partial charge in [0, 0.05) is 15.5 Å². The lowest BCUT2D eigenvalue weighted by atomic mass is 9.63. The third-order valence-corrected chi connectivity index (χ3v) is 8.48. The zero-order valence-electron chi connectivity index (χ0n) is 18.2. The maximum Gasteiger partial charge on any atom is 0.100 e. The number of nitrogens with zero attached hydrogens (tertiary/aromatic N) is 2. The second-order valence-corrected chi connectivity index (χ2v) is 11.2. The van der Waals surface area contributed by atoms with E-state index in [1.165, 1.54) is 45.4 Å². The zero-order valence-corrected chi connectivity index (χ0v) is 19.0. The quantitative estimate of drug-likeness (QED) is 0.403. The molecule has 152 valence electrons. The molecule has 3 aliphatic rings. The molecule has 0 fully saturated rings. The fraction of sp³-hybridized carbons (Fsp3) is 0.333. The van der Waals surface area contributed by atoms with Gasteiger partial charge >= 0.3 is 0 Å². The molecule has 2 heterocycles. The smallest absolute Gasteiger partial charge is 0.100 e. The Kier molecular flexibility index (Phi) is 3.72. The van der Waals surface area contributed by atoms with E-state index in [0.717, 1.165) is 6.67 Å². The third-order valence-electron chi connectivity index (χ3n) is 7.31. The average molecular weight is 413 g/mol. The summed E-state index contributed by atoms with van der Waals surface area (Å²) in [5.41, 5.74) is 8.88. The Morgan fingerprint density at radius 3 is 2.30 bits per heavy atom. The molecular weight excluding hydrogens is 384 g/mol. The molecule has 1 aliphatic carbocycles. The van der Waals surface area contributed by atoms with Crippen LogP contribution in [0.5, 0.6) is 0 Å². The van der Waals surface area contributed by atoms with Crippen LogP contribution < -0.4 is 9.80 Å². The van der Waals surface area contributed by atoms with Crippen LogP contribution in [0.4, 0.5) is 22.7 Å². The number of rotatable bonds is 1. The molecule has 0 radical (unpaired) electrons. The second kappa shape index (κ2) is 6.07. The van der Waals surface area contributed by atoms with Crippen LogP contribution >= 0.6 is 11.8 Å². The molecular formula is C27H28N2S. The van der Waals surface area contributed by atoms with Crippen molar-refractivity contribution in [3.05, 3.63) is 71.8 Å². The van der Waals surface area contributed by atoms with Crippen LogP contribution in [0.3, 0.4) is 0 Å². The minimum Gasteiger partial charge on any atom is -0.321 e. The molecule has 6 rings (SSSR count). The van der Waals surface area contributed by atoms with Gasteiger partial charge in [0.1, 0.15) is 6.67 Å². The molecule has 0 saturated carbocycles. The number of hydrogen-bond acceptors (Lipinski definition) is 3. The van der Waals surface area contributed by atoms with Gasteiger partial charge < -0.3 is 9.80 Å². The maximum absolute atomic E-state index is 2.54. The summed E-state index contributed by atoms with van der Waals surface area (Å²) < 4.78 is 0. The van der Waals surface area contributed by atoms with Crippen LogP contribution in [0.25, 0.3) is 0 Å². The Morgan fingerprint density at radius 1 is 0.733 bits per heavy atom. The highest BCUT2D eigenvalue weighted by atomic mass is 32.2. The van der Waals surface area contributed by atoms with Gasteiger partial charge in [0.15, 0.2) is 0 Å². The van der Waals surface area contributed by atoms with E-state index in [2.05, 4.69) is 98.2 Å². The first-order valence-electron chi connectivity index (χ1n) is 11.0. The van der Waals surface area contributed by atoms with Crippen molar-refractivity contribution in [1.29, 1.82) is 0 Å². The van der Waals surface area contributed by atoms with Gasteiger partial charge in [-0.1, -0.05) is 69.8 Å². The summed E-state index contributed by atoms with van der Waals surface area (Å²) in [6.45, 7) is 10.6. The first-order valence-corrected chi connectivity index (χ1v) is 11.8. The van der Waals surface area contributed by atoms with Crippen LogP contribution in [-0.4, -0.2) is 6.67 Å². The molecule has 3 aromatic rings. The molecule has 2 nitrogen and oxygen atoms in total. The van der Waals surface area contributed by atoms with Crippen LogP contribution in [0.1, 0.15) is 51.7 Å². The molecule has 0 saturated heterocycles. The molecule has 30 heavy (non-hydrogen) atoms. The standard InChI is InChI=1S/C27H28N2S/c1-26(2)15-16-27(3,4)23-19(26)13-14-21-25(23)30-22-12-8-11-20-24(22)29(21)17-28(20)18-9-6-5-7-10-18/h5-14H,15-17H2,1-4H3. The van der Waals surface area contributed by atoms with Crippen molar-refractivity contribution in [2.75, 3.05) is 16.5 Å². The fourth-order valence-electron chi connectivity index (χ4n) is 5.51. The van der Waals surface area contributed by atoms with Crippen LogP contribution in [0, 0.1) is 0 Å². The summed E-state index contributed by atoms with van der Waals surface area (Å²) in [7, 11) is 0. The summed E-state index contributed by atoms with van der Waals surface area (Å²) in [4.78, 5) is 7.85. The number of fused-ring (bicyclic) bond motifs is 4. The molecule has 0 N–H and O–H groups in total. The minimum atomic E-state index is 0.206. The van der Waals surface area contributed by atoms with Crippen molar-refractivity contribution >= 4 is 34.5 Å². The van der Waals surface area contributed by atoms with E-state index in [-0.39, 0.29) is 10.8 Å². The van der Waals surface area contributed by atoms with Crippen molar-refractivity contribution in [2.24, 2.45) is 0 Å². The van der Waals surface area contributed by atoms with E-state index in [4.69, 9.17) is 0 Å². The van der Waals surface area contributed by atoms with Gasteiger partial charge in [-0.25, -0.2) is 0 Å². The number of hydrogen-bond donors (Lipinski definition) is 0. The van der Waals surface area contributed by atoms with E-state index >= 15 is 0 Å². The molecule has 0 spiro atoms. The fourth-order valence-corrected chi connectivity index (χ4v) is 6.96. The Morgan fingerprint density at radius 2 is 1.50 bits per heavy atom. The van der Waals surface area contributed by atoms with E-state index in [0.29, 0.717) is 0 Å². The predicted octanol–water partition coefficient (Wildman–Crippen LogP) is 7.75. The SMILES string of the molecule is CC1(C)CCC(C)(C)c2c1ccc1c2Sc2cccc3c2N1CN3c1ccccc1. The second-order valence-electron chi connectivity index (χ2n) is 10.2. The molecule has 3 heteroatoms. The van der Waals surface area contributed by atoms with Crippen molar-refractivity contribution in [3.8, 4) is 0 Å². The Bertz CT molecular complexity index is 1160. The van der Waals surface area contributed by atoms with Gasteiger partial charge in [0.2, 0.25) is 0 Å². The van der Waals surface area contributed by atoms with E-state index in [1.54, 1.807) is 11.1 Å². The summed E-state index contributed by atoms with van der Waals surface area (Å²) in [5.74, 6) is 0. The van der Waals surface area contributed by atoms with E-state index < -0.39 is 0 Å². The van der Waals surface area contributed by atoms with Gasteiger partial charge in [0.25, 0.3) is 0 Å². The normalized spacial score (nSPS) is 19.9. The molecule has 0 unspecified atom stereocenters. The molecule has 3 aromatic carbocycles. The highest BCUT2D eigenvalue weighted by Gasteiger charge is 2.43. The van der Waals surface area contributed by atoms with Gasteiger partial charge in [-0.15, -0.1) is 0 Å². The molecule has 0 atom stereocenters. The number of benzene rings is 3. The number of para-hydroxylation sites is 2. The van der Waals surface area contributed by atoms with Crippen LogP contribution in [-0.2, 0) is 10.8 Å². The van der Waals surface area contributed by atoms with Crippen molar-refractivity contribution < 1.29 is 0 Å². The lowest BCUT2D eigenvalue weighted by molar-refractivity contribution is 0.327. The molecule has 0 aromatic heterocycles. The Balaban J connectivity index is 1.56. The molecule has 0 bridgehead atoms. The highest BCUT2D eigenvalue weighted by molar-refractivity contribution is 7.99. The predicted molar refractivity (Wildman–Crippen MR) is 128 cm³/mol. The zero-order chi connectivity index (χ0) is 20.7. The summed E-state index contributed by atoms with van der Waals surface area (Å²) in [5, 5.41) is 0.